The average Bonchev–Trinajstić information content (AvgIpc) is 2.58. The molecule has 2 heterocycles. The highest BCUT2D eigenvalue weighted by Gasteiger charge is 2.25. The number of hydrogen-bond donors (Lipinski definition) is 0. The summed E-state index contributed by atoms with van der Waals surface area (Å²) in [6, 6.07) is 0.180. The van der Waals surface area contributed by atoms with E-state index in [-0.39, 0.29) is 6.04 Å². The van der Waals surface area contributed by atoms with Crippen molar-refractivity contribution >= 4 is 11.8 Å². The Kier molecular flexibility index (Phi) is 2.70. The first kappa shape index (κ1) is 11.1. The van der Waals surface area contributed by atoms with Crippen molar-refractivity contribution in [3.63, 3.8) is 0 Å². The van der Waals surface area contributed by atoms with Crippen molar-refractivity contribution in [1.82, 2.24) is 15.0 Å². The number of aromatic nitrogens is 2. The molecule has 0 spiro atoms. The van der Waals surface area contributed by atoms with Gasteiger partial charge in [-0.2, -0.15) is 5.10 Å². The van der Waals surface area contributed by atoms with Gasteiger partial charge >= 0.3 is 0 Å². The highest BCUT2D eigenvalue weighted by atomic mass is 15.5. The summed E-state index contributed by atoms with van der Waals surface area (Å²) in [5, 5.41) is 6.37. The predicted octanol–water partition coefficient (Wildman–Crippen LogP) is 2.35. The van der Waals surface area contributed by atoms with Crippen molar-refractivity contribution < 1.29 is 0 Å². The lowest BCUT2D eigenvalue weighted by Crippen LogP contribution is -2.17. The van der Waals surface area contributed by atoms with Gasteiger partial charge in [-0.1, -0.05) is 18.2 Å². The molecule has 1 atom stereocenters. The van der Waals surface area contributed by atoms with Crippen LogP contribution in [0, 0.1) is 0 Å². The molecule has 92 valence electrons. The Bertz CT molecular complexity index is 557. The van der Waals surface area contributed by atoms with Crippen LogP contribution < -0.4 is 0 Å². The molecule has 0 saturated heterocycles. The highest BCUT2D eigenvalue weighted by molar-refractivity contribution is 5.83. The molecule has 0 amide bonds. The molecular weight excluding hydrogens is 224 g/mol. The number of allylic oxidation sites excluding steroid dienone is 3. The zero-order chi connectivity index (χ0) is 12.5. The van der Waals surface area contributed by atoms with Crippen molar-refractivity contribution in [3.05, 3.63) is 41.5 Å². The molecule has 1 unspecified atom stereocenters. The Morgan fingerprint density at radius 3 is 3.00 bits per heavy atom. The van der Waals surface area contributed by atoms with E-state index >= 15 is 0 Å². The van der Waals surface area contributed by atoms with E-state index in [9.17, 15) is 0 Å². The molecule has 4 heteroatoms. The third kappa shape index (κ3) is 1.94. The maximum Gasteiger partial charge on any atom is 0.153 e. The van der Waals surface area contributed by atoms with Crippen LogP contribution in [0.5, 0.6) is 0 Å². The largest absolute Gasteiger partial charge is 0.289 e. The SMILES string of the molecule is CC1=NN(C)C(c2ncc3c(n2)C=CC=CC3)C1. The van der Waals surface area contributed by atoms with Crippen molar-refractivity contribution in [1.29, 1.82) is 0 Å². The first-order valence-corrected chi connectivity index (χ1v) is 6.20. The zero-order valence-electron chi connectivity index (χ0n) is 10.7. The Hall–Kier alpha value is -1.97. The molecule has 0 saturated carbocycles. The molecule has 2 aliphatic rings. The van der Waals surface area contributed by atoms with Gasteiger partial charge in [-0.15, -0.1) is 0 Å². The lowest BCUT2D eigenvalue weighted by atomic mass is 10.1. The van der Waals surface area contributed by atoms with Crippen molar-refractivity contribution in [2.75, 3.05) is 7.05 Å². The van der Waals surface area contributed by atoms with Crippen LogP contribution in [0.1, 0.15) is 36.5 Å². The van der Waals surface area contributed by atoms with Crippen LogP contribution in [0.2, 0.25) is 0 Å². The first-order valence-electron chi connectivity index (χ1n) is 6.20. The normalized spacial score (nSPS) is 21.8. The van der Waals surface area contributed by atoms with Gasteiger partial charge in [0.15, 0.2) is 5.82 Å². The summed E-state index contributed by atoms with van der Waals surface area (Å²) in [6.45, 7) is 2.05. The minimum absolute atomic E-state index is 0.180. The zero-order valence-corrected chi connectivity index (χ0v) is 10.7. The van der Waals surface area contributed by atoms with E-state index in [0.29, 0.717) is 0 Å². The van der Waals surface area contributed by atoms with E-state index in [0.717, 1.165) is 30.1 Å². The standard InChI is InChI=1S/C14H16N4/c1-10-8-13(18(2)17-10)14-15-9-11-6-4-3-5-7-12(11)16-14/h3-5,7,9,13H,6,8H2,1-2H3. The maximum atomic E-state index is 4.69. The fraction of sp³-hybridized carbons (Fsp3) is 0.357. The quantitative estimate of drug-likeness (QED) is 0.756. The fourth-order valence-corrected chi connectivity index (χ4v) is 2.37. The fourth-order valence-electron chi connectivity index (χ4n) is 2.37. The molecule has 0 fully saturated rings. The van der Waals surface area contributed by atoms with E-state index in [1.807, 2.05) is 37.3 Å². The van der Waals surface area contributed by atoms with Crippen LogP contribution in [0.3, 0.4) is 0 Å². The Balaban J connectivity index is 1.94. The van der Waals surface area contributed by atoms with E-state index < -0.39 is 0 Å². The summed E-state index contributed by atoms with van der Waals surface area (Å²) < 4.78 is 0. The van der Waals surface area contributed by atoms with Gasteiger partial charge < -0.3 is 0 Å². The van der Waals surface area contributed by atoms with Gasteiger partial charge in [0.05, 0.1) is 5.69 Å². The van der Waals surface area contributed by atoms with Crippen LogP contribution in [0.4, 0.5) is 0 Å². The monoisotopic (exact) mass is 240 g/mol. The average molecular weight is 240 g/mol. The number of hydrazone groups is 1. The summed E-state index contributed by atoms with van der Waals surface area (Å²) >= 11 is 0. The minimum atomic E-state index is 0.180. The van der Waals surface area contributed by atoms with Crippen molar-refractivity contribution in [2.24, 2.45) is 5.10 Å². The molecule has 0 bridgehead atoms. The smallest absolute Gasteiger partial charge is 0.153 e. The van der Waals surface area contributed by atoms with Gasteiger partial charge in [-0.3, -0.25) is 5.01 Å². The summed E-state index contributed by atoms with van der Waals surface area (Å²) in [5.41, 5.74) is 3.35. The topological polar surface area (TPSA) is 41.4 Å². The molecule has 0 N–H and O–H groups in total. The second kappa shape index (κ2) is 4.37. The van der Waals surface area contributed by atoms with Crippen LogP contribution in [-0.4, -0.2) is 27.7 Å². The number of rotatable bonds is 1. The molecule has 1 aromatic heterocycles. The van der Waals surface area contributed by atoms with Crippen LogP contribution >= 0.6 is 0 Å². The van der Waals surface area contributed by atoms with Crippen molar-refractivity contribution in [2.45, 2.75) is 25.8 Å². The highest BCUT2D eigenvalue weighted by Crippen LogP contribution is 2.27. The molecule has 1 aliphatic carbocycles. The molecule has 0 aromatic carbocycles. The van der Waals surface area contributed by atoms with Crippen LogP contribution in [0.25, 0.3) is 6.08 Å². The molecule has 1 aliphatic heterocycles. The number of nitrogens with zero attached hydrogens (tertiary/aromatic N) is 4. The van der Waals surface area contributed by atoms with Gasteiger partial charge in [0.25, 0.3) is 0 Å². The number of hydrogen-bond acceptors (Lipinski definition) is 4. The van der Waals surface area contributed by atoms with Gasteiger partial charge in [-0.25, -0.2) is 9.97 Å². The summed E-state index contributed by atoms with van der Waals surface area (Å²) in [4.78, 5) is 9.19. The summed E-state index contributed by atoms with van der Waals surface area (Å²) in [7, 11) is 1.98. The van der Waals surface area contributed by atoms with Gasteiger partial charge in [0.2, 0.25) is 0 Å². The third-order valence-corrected chi connectivity index (χ3v) is 3.32. The van der Waals surface area contributed by atoms with Gasteiger partial charge in [0, 0.05) is 25.4 Å². The molecule has 3 rings (SSSR count). The van der Waals surface area contributed by atoms with Crippen molar-refractivity contribution in [3.8, 4) is 0 Å². The lowest BCUT2D eigenvalue weighted by Gasteiger charge is -2.18. The second-order valence-corrected chi connectivity index (χ2v) is 4.76. The second-order valence-electron chi connectivity index (χ2n) is 4.76. The van der Waals surface area contributed by atoms with E-state index in [4.69, 9.17) is 0 Å². The minimum Gasteiger partial charge on any atom is -0.289 e. The molecule has 1 aromatic rings. The predicted molar refractivity (Wildman–Crippen MR) is 72.1 cm³/mol. The molecular formula is C14H16N4. The third-order valence-electron chi connectivity index (χ3n) is 3.32. The van der Waals surface area contributed by atoms with Crippen LogP contribution in [-0.2, 0) is 6.42 Å². The van der Waals surface area contributed by atoms with Gasteiger partial charge in [0.1, 0.15) is 6.04 Å². The van der Waals surface area contributed by atoms with Crippen LogP contribution in [0.15, 0.2) is 29.5 Å². The lowest BCUT2D eigenvalue weighted by molar-refractivity contribution is 0.278. The summed E-state index contributed by atoms with van der Waals surface area (Å²) in [6.07, 6.45) is 12.0. The molecule has 0 radical (unpaired) electrons. The van der Waals surface area contributed by atoms with E-state index in [1.54, 1.807) is 0 Å². The number of fused-ring (bicyclic) bond motifs is 1. The molecule has 4 nitrogen and oxygen atoms in total. The Morgan fingerprint density at radius 1 is 1.33 bits per heavy atom. The molecule has 18 heavy (non-hydrogen) atoms. The van der Waals surface area contributed by atoms with E-state index in [2.05, 4.69) is 27.2 Å². The maximum absolute atomic E-state index is 4.69. The Labute approximate surface area is 107 Å². The van der Waals surface area contributed by atoms with Gasteiger partial charge in [-0.05, 0) is 25.0 Å². The first-order chi connectivity index (χ1) is 8.74. The Morgan fingerprint density at radius 2 is 2.22 bits per heavy atom. The van der Waals surface area contributed by atoms with E-state index in [1.165, 1.54) is 5.56 Å². The summed E-state index contributed by atoms with van der Waals surface area (Å²) in [5.74, 6) is 0.864.